The maximum absolute atomic E-state index is 9.89. The third-order valence-electron chi connectivity index (χ3n) is 6.90. The number of nitrogens with one attached hydrogen (secondary N) is 2. The zero-order valence-electron chi connectivity index (χ0n) is 21.3. The molecule has 0 aromatic heterocycles. The number of nitriles is 1. The van der Waals surface area contributed by atoms with Crippen LogP contribution in [0.2, 0.25) is 0 Å². The summed E-state index contributed by atoms with van der Waals surface area (Å²) in [5, 5.41) is 13.3. The number of nitrogens with zero attached hydrogens (tertiary/aromatic N) is 2. The molecule has 7 nitrogen and oxygen atoms in total. The molecule has 2 fully saturated rings. The van der Waals surface area contributed by atoms with Gasteiger partial charge in [0, 0.05) is 30.8 Å². The van der Waals surface area contributed by atoms with Gasteiger partial charge in [0.2, 0.25) is 0 Å². The van der Waals surface area contributed by atoms with Gasteiger partial charge in [0.25, 0.3) is 0 Å². The van der Waals surface area contributed by atoms with Gasteiger partial charge >= 0.3 is 0 Å². The predicted octanol–water partition coefficient (Wildman–Crippen LogP) is 4.22. The minimum atomic E-state index is 0.325. The van der Waals surface area contributed by atoms with Crippen molar-refractivity contribution >= 4 is 0 Å². The molecule has 2 heterocycles. The Morgan fingerprint density at radius 1 is 1.03 bits per heavy atom. The van der Waals surface area contributed by atoms with E-state index in [9.17, 15) is 5.26 Å². The van der Waals surface area contributed by atoms with Crippen molar-refractivity contribution in [1.82, 2.24) is 15.7 Å². The first-order valence-electron chi connectivity index (χ1n) is 12.9. The monoisotopic (exact) mass is 498 g/mol. The Morgan fingerprint density at radius 3 is 2.38 bits per heavy atom. The third kappa shape index (κ3) is 6.68. The van der Waals surface area contributed by atoms with Gasteiger partial charge in [-0.1, -0.05) is 42.5 Å². The van der Waals surface area contributed by atoms with Crippen molar-refractivity contribution in [3.05, 3.63) is 94.0 Å². The van der Waals surface area contributed by atoms with Crippen LogP contribution in [0.5, 0.6) is 11.5 Å². The van der Waals surface area contributed by atoms with Crippen molar-refractivity contribution < 1.29 is 14.3 Å². The van der Waals surface area contributed by atoms with Gasteiger partial charge in [-0.25, -0.2) is 0 Å². The number of hydrogen-bond donors (Lipinski definition) is 2. The SMILES string of the molecule is Cc1cc(CN2CCC2)ccc1OCc1cccc(COc2ccc(CNCC3CON3)cc2)c1C#N. The van der Waals surface area contributed by atoms with Crippen LogP contribution in [0.1, 0.15) is 39.8 Å². The van der Waals surface area contributed by atoms with E-state index in [1.165, 1.54) is 30.6 Å². The average Bonchev–Trinajstić information content (AvgIpc) is 2.86. The van der Waals surface area contributed by atoms with E-state index < -0.39 is 0 Å². The van der Waals surface area contributed by atoms with Gasteiger partial charge in [0.1, 0.15) is 24.7 Å². The summed E-state index contributed by atoms with van der Waals surface area (Å²) in [4.78, 5) is 7.41. The first-order valence-corrected chi connectivity index (χ1v) is 12.9. The number of ether oxygens (including phenoxy) is 2. The van der Waals surface area contributed by atoms with Gasteiger partial charge in [0.05, 0.1) is 24.3 Å². The minimum absolute atomic E-state index is 0.325. The van der Waals surface area contributed by atoms with E-state index in [1.54, 1.807) is 0 Å². The van der Waals surface area contributed by atoms with Crippen molar-refractivity contribution in [3.63, 3.8) is 0 Å². The number of hydrogen-bond acceptors (Lipinski definition) is 7. The van der Waals surface area contributed by atoms with Gasteiger partial charge in [-0.15, -0.1) is 0 Å². The lowest BCUT2D eigenvalue weighted by Gasteiger charge is -2.30. The van der Waals surface area contributed by atoms with E-state index in [1.807, 2.05) is 36.4 Å². The van der Waals surface area contributed by atoms with Crippen molar-refractivity contribution in [1.29, 1.82) is 5.26 Å². The van der Waals surface area contributed by atoms with Crippen LogP contribution in [0, 0.1) is 18.3 Å². The van der Waals surface area contributed by atoms with Gasteiger partial charge in [-0.3, -0.25) is 9.74 Å². The summed E-state index contributed by atoms with van der Waals surface area (Å²) in [6.07, 6.45) is 1.30. The van der Waals surface area contributed by atoms with Gasteiger partial charge < -0.3 is 14.8 Å². The summed E-state index contributed by atoms with van der Waals surface area (Å²) in [6, 6.07) is 23.0. The van der Waals surface area contributed by atoms with Crippen LogP contribution >= 0.6 is 0 Å². The molecule has 1 unspecified atom stereocenters. The largest absolute Gasteiger partial charge is 0.489 e. The van der Waals surface area contributed by atoms with Crippen LogP contribution in [0.25, 0.3) is 0 Å². The van der Waals surface area contributed by atoms with Crippen LogP contribution in [-0.2, 0) is 31.1 Å². The van der Waals surface area contributed by atoms with Crippen molar-refractivity contribution in [2.45, 2.75) is 45.7 Å². The molecule has 2 aliphatic heterocycles. The Hall–Kier alpha value is -3.41. The van der Waals surface area contributed by atoms with E-state index in [-0.39, 0.29) is 0 Å². The molecule has 37 heavy (non-hydrogen) atoms. The normalized spacial score (nSPS) is 16.9. The molecular formula is C30H34N4O3. The Bertz CT molecular complexity index is 1230. The minimum Gasteiger partial charge on any atom is -0.489 e. The second-order valence-electron chi connectivity index (χ2n) is 9.77. The van der Waals surface area contributed by atoms with E-state index >= 15 is 0 Å². The standard InChI is InChI=1S/C30H34N4O3/c1-22-14-24(18-34-12-3-13-34)8-11-30(22)36-20-26-5-2-4-25(29(26)15-31)19-35-28-9-6-23(7-10-28)16-32-17-27-21-37-33-27/h2,4-11,14,27,32-33H,3,12-13,16-21H2,1H3. The summed E-state index contributed by atoms with van der Waals surface area (Å²) in [7, 11) is 0. The lowest BCUT2D eigenvalue weighted by atomic mass is 10.0. The number of hydroxylamine groups is 1. The number of benzene rings is 3. The molecule has 7 heteroatoms. The molecular weight excluding hydrogens is 464 g/mol. The molecule has 0 radical (unpaired) electrons. The molecule has 2 aliphatic rings. The fourth-order valence-corrected chi connectivity index (χ4v) is 4.52. The topological polar surface area (TPSA) is 78.8 Å². The predicted molar refractivity (Wildman–Crippen MR) is 142 cm³/mol. The van der Waals surface area contributed by atoms with Crippen LogP contribution < -0.4 is 20.3 Å². The molecule has 0 saturated carbocycles. The molecule has 1 atom stereocenters. The van der Waals surface area contributed by atoms with Gasteiger partial charge in [-0.2, -0.15) is 10.7 Å². The molecule has 0 spiro atoms. The summed E-state index contributed by atoms with van der Waals surface area (Å²) >= 11 is 0. The molecule has 0 bridgehead atoms. The highest BCUT2D eigenvalue weighted by molar-refractivity contribution is 5.45. The molecule has 3 aromatic carbocycles. The quantitative estimate of drug-likeness (QED) is 0.387. The second-order valence-corrected chi connectivity index (χ2v) is 9.77. The van der Waals surface area contributed by atoms with E-state index in [0.29, 0.717) is 24.8 Å². The van der Waals surface area contributed by atoms with E-state index in [0.717, 1.165) is 54.4 Å². The van der Waals surface area contributed by atoms with Crippen LogP contribution in [-0.4, -0.2) is 37.2 Å². The number of aryl methyl sites for hydroxylation is 1. The molecule has 2 saturated heterocycles. The van der Waals surface area contributed by atoms with Crippen LogP contribution in [0.15, 0.2) is 60.7 Å². The Labute approximate surface area is 218 Å². The zero-order valence-corrected chi connectivity index (χ0v) is 21.3. The third-order valence-corrected chi connectivity index (χ3v) is 6.90. The summed E-state index contributed by atoms with van der Waals surface area (Å²) in [5.74, 6) is 1.63. The Balaban J connectivity index is 1.15. The number of rotatable bonds is 12. The highest BCUT2D eigenvalue weighted by Crippen LogP contribution is 2.24. The van der Waals surface area contributed by atoms with Gasteiger partial charge in [0.15, 0.2) is 0 Å². The van der Waals surface area contributed by atoms with Gasteiger partial charge in [-0.05, 0) is 61.3 Å². The fraction of sp³-hybridized carbons (Fsp3) is 0.367. The molecule has 2 N–H and O–H groups in total. The fourth-order valence-electron chi connectivity index (χ4n) is 4.52. The van der Waals surface area contributed by atoms with Crippen molar-refractivity contribution in [2.24, 2.45) is 0 Å². The van der Waals surface area contributed by atoms with E-state index in [4.69, 9.17) is 14.3 Å². The first-order chi connectivity index (χ1) is 18.2. The molecule has 0 aliphatic carbocycles. The van der Waals surface area contributed by atoms with Crippen LogP contribution in [0.4, 0.5) is 0 Å². The maximum atomic E-state index is 9.89. The highest BCUT2D eigenvalue weighted by atomic mass is 16.7. The molecule has 5 rings (SSSR count). The van der Waals surface area contributed by atoms with Crippen molar-refractivity contribution in [2.75, 3.05) is 26.2 Å². The number of likely N-dealkylation sites (tertiary alicyclic amines) is 1. The first kappa shape index (κ1) is 25.2. The summed E-state index contributed by atoms with van der Waals surface area (Å²) in [5.41, 5.74) is 8.84. The lowest BCUT2D eigenvalue weighted by molar-refractivity contribution is -0.0962. The highest BCUT2D eigenvalue weighted by Gasteiger charge is 2.17. The summed E-state index contributed by atoms with van der Waals surface area (Å²) in [6.45, 7) is 8.53. The van der Waals surface area contributed by atoms with Crippen LogP contribution in [0.3, 0.4) is 0 Å². The average molecular weight is 499 g/mol. The molecule has 192 valence electrons. The van der Waals surface area contributed by atoms with E-state index in [2.05, 4.69) is 53.0 Å². The summed E-state index contributed by atoms with van der Waals surface area (Å²) < 4.78 is 12.1. The maximum Gasteiger partial charge on any atom is 0.122 e. The molecule has 3 aromatic rings. The molecule has 0 amide bonds. The lowest BCUT2D eigenvalue weighted by Crippen LogP contribution is -2.51. The zero-order chi connectivity index (χ0) is 25.5. The van der Waals surface area contributed by atoms with Crippen molar-refractivity contribution in [3.8, 4) is 17.6 Å². The Kier molecular flexibility index (Phi) is 8.34. The Morgan fingerprint density at radius 2 is 1.76 bits per heavy atom. The smallest absolute Gasteiger partial charge is 0.122 e. The second kappa shape index (κ2) is 12.2.